The van der Waals surface area contributed by atoms with Crippen molar-refractivity contribution in [2.24, 2.45) is 0 Å². The van der Waals surface area contributed by atoms with Crippen molar-refractivity contribution < 1.29 is 9.84 Å². The van der Waals surface area contributed by atoms with E-state index >= 15 is 0 Å². The number of thiocarbonyl (C=S) groups is 1. The van der Waals surface area contributed by atoms with Gasteiger partial charge in [0.15, 0.2) is 10.8 Å². The molecule has 4 N–H and O–H groups in total. The highest BCUT2D eigenvalue weighted by atomic mass is 32.1. The molecule has 3 heterocycles. The van der Waals surface area contributed by atoms with Crippen LogP contribution >= 0.6 is 12.2 Å². The number of aliphatic hydroxyl groups is 1. The number of aryl methyl sites for hydroxylation is 1. The van der Waals surface area contributed by atoms with E-state index in [2.05, 4.69) is 36.0 Å². The van der Waals surface area contributed by atoms with Gasteiger partial charge in [-0.25, -0.2) is 19.5 Å². The number of hydrogen-bond donors (Lipinski definition) is 4. The maximum absolute atomic E-state index is 9.48. The lowest BCUT2D eigenvalue weighted by molar-refractivity contribution is 0.207. The summed E-state index contributed by atoms with van der Waals surface area (Å²) in [7, 11) is 0. The van der Waals surface area contributed by atoms with E-state index in [-0.39, 0.29) is 6.61 Å². The van der Waals surface area contributed by atoms with E-state index in [0.29, 0.717) is 22.3 Å². The van der Waals surface area contributed by atoms with Gasteiger partial charge in [-0.05, 0) is 81.0 Å². The predicted molar refractivity (Wildman–Crippen MR) is 170 cm³/mol. The lowest BCUT2D eigenvalue weighted by atomic mass is 10.1. The van der Waals surface area contributed by atoms with Gasteiger partial charge in [-0.3, -0.25) is 0 Å². The highest BCUT2D eigenvalue weighted by molar-refractivity contribution is 7.80. The Kier molecular flexibility index (Phi) is 10.9. The first-order valence-electron chi connectivity index (χ1n) is 13.6. The summed E-state index contributed by atoms with van der Waals surface area (Å²) in [6.45, 7) is 13.7. The molecule has 3 aromatic heterocycles. The molecule has 2 aromatic carbocycles. The lowest BCUT2D eigenvalue weighted by Crippen LogP contribution is -2.47. The van der Waals surface area contributed by atoms with Crippen LogP contribution in [0.5, 0.6) is 11.5 Å². The summed E-state index contributed by atoms with van der Waals surface area (Å²) in [5, 5.41) is 24.5. The number of nitrogens with zero attached hydrogens (tertiary/aromatic N) is 5. The molecule has 0 unspecified atom stereocenters. The van der Waals surface area contributed by atoms with E-state index in [1.54, 1.807) is 4.52 Å². The van der Waals surface area contributed by atoms with Crippen molar-refractivity contribution in [2.45, 2.75) is 54.0 Å². The van der Waals surface area contributed by atoms with Crippen molar-refractivity contribution in [3.05, 3.63) is 72.9 Å². The van der Waals surface area contributed by atoms with Gasteiger partial charge in [-0.2, -0.15) is 5.10 Å². The molecule has 10 nitrogen and oxygen atoms in total. The Morgan fingerprint density at radius 2 is 1.71 bits per heavy atom. The number of aliphatic hydroxyl groups excluding tert-OH is 1. The Labute approximate surface area is 246 Å². The third-order valence-corrected chi connectivity index (χ3v) is 5.86. The number of nitrogens with one attached hydrogen (secondary N) is 3. The Morgan fingerprint density at radius 3 is 2.44 bits per heavy atom. The second kappa shape index (κ2) is 14.3. The molecule has 0 aliphatic rings. The summed E-state index contributed by atoms with van der Waals surface area (Å²) in [6, 6.07) is 15.3. The van der Waals surface area contributed by atoms with Crippen molar-refractivity contribution in [2.75, 3.05) is 17.2 Å². The zero-order valence-electron chi connectivity index (χ0n) is 24.6. The second-order valence-electron chi connectivity index (χ2n) is 9.21. The summed E-state index contributed by atoms with van der Waals surface area (Å²) < 4.78 is 7.76. The Hall–Kier alpha value is -4.35. The van der Waals surface area contributed by atoms with E-state index in [1.165, 1.54) is 12.7 Å². The summed E-state index contributed by atoms with van der Waals surface area (Å²) in [4.78, 5) is 13.0. The molecule has 41 heavy (non-hydrogen) atoms. The molecule has 0 amide bonds. The van der Waals surface area contributed by atoms with Crippen LogP contribution < -0.4 is 20.7 Å². The SMILES string of the molecule is CC.CC.Cc1cc(Nc2ncnc3ccc(NC(=S)NC(C)(C)CO)cc23)ccc1Oc1ccn2ncnc2c1. The number of pyridine rings is 1. The standard InChI is InChI=1S/C26H26N8O2S.2C2H6/c1-16-10-17(5-7-22(16)36-19-8-9-34-23(12-19)28-15-30-34)31-24-20-11-18(4-6-21(20)27-14-29-24)32-25(37)33-26(2,3)13-35;2*1-2/h4-12,14-15,35H,13H2,1-3H3,(H,27,29,31)(H2,32,33,37);2*1-2H3. The minimum absolute atomic E-state index is 0.0468. The minimum Gasteiger partial charge on any atom is -0.457 e. The maximum atomic E-state index is 9.48. The normalized spacial score (nSPS) is 10.6. The third-order valence-electron chi connectivity index (χ3n) is 5.66. The van der Waals surface area contributed by atoms with Crippen LogP contribution in [-0.2, 0) is 0 Å². The summed E-state index contributed by atoms with van der Waals surface area (Å²) in [6.07, 6.45) is 4.84. The first-order chi connectivity index (χ1) is 19.8. The van der Waals surface area contributed by atoms with E-state index in [9.17, 15) is 5.11 Å². The molecule has 0 fully saturated rings. The zero-order chi connectivity index (χ0) is 30.0. The van der Waals surface area contributed by atoms with Gasteiger partial charge < -0.3 is 25.8 Å². The molecule has 0 saturated carbocycles. The number of ether oxygens (including phenoxy) is 1. The van der Waals surface area contributed by atoms with Crippen LogP contribution in [0.25, 0.3) is 16.6 Å². The van der Waals surface area contributed by atoms with Gasteiger partial charge >= 0.3 is 0 Å². The average molecular weight is 575 g/mol. The van der Waals surface area contributed by atoms with Crippen LogP contribution in [0.4, 0.5) is 17.2 Å². The molecule has 0 aliphatic heterocycles. The smallest absolute Gasteiger partial charge is 0.171 e. The van der Waals surface area contributed by atoms with Crippen molar-refractivity contribution in [3.8, 4) is 11.5 Å². The minimum atomic E-state index is -0.534. The van der Waals surface area contributed by atoms with Gasteiger partial charge in [0, 0.05) is 29.0 Å². The van der Waals surface area contributed by atoms with Gasteiger partial charge in [0.25, 0.3) is 0 Å². The Balaban J connectivity index is 0.00000111. The van der Waals surface area contributed by atoms with Gasteiger partial charge in [0.2, 0.25) is 0 Å². The molecule has 0 bridgehead atoms. The zero-order valence-corrected chi connectivity index (χ0v) is 25.4. The molecule has 0 atom stereocenters. The first-order valence-corrected chi connectivity index (χ1v) is 14.0. The van der Waals surface area contributed by atoms with Crippen molar-refractivity contribution in [3.63, 3.8) is 0 Å². The fourth-order valence-corrected chi connectivity index (χ4v) is 4.10. The molecule has 0 aliphatic carbocycles. The number of anilines is 3. The predicted octanol–water partition coefficient (Wildman–Crippen LogP) is 6.63. The highest BCUT2D eigenvalue weighted by Gasteiger charge is 2.17. The van der Waals surface area contributed by atoms with Crippen LogP contribution in [0.1, 0.15) is 47.1 Å². The number of rotatable bonds is 7. The largest absolute Gasteiger partial charge is 0.457 e. The Morgan fingerprint density at radius 1 is 0.951 bits per heavy atom. The molecule has 5 aromatic rings. The van der Waals surface area contributed by atoms with Crippen molar-refractivity contribution in [1.29, 1.82) is 0 Å². The van der Waals surface area contributed by atoms with Gasteiger partial charge in [-0.15, -0.1) is 0 Å². The molecular weight excluding hydrogens is 536 g/mol. The third kappa shape index (κ3) is 8.09. The molecule has 216 valence electrons. The highest BCUT2D eigenvalue weighted by Crippen LogP contribution is 2.30. The van der Waals surface area contributed by atoms with Crippen LogP contribution in [0, 0.1) is 6.92 Å². The molecule has 11 heteroatoms. The van der Waals surface area contributed by atoms with E-state index in [0.717, 1.165) is 33.6 Å². The number of hydrogen-bond acceptors (Lipinski definition) is 8. The van der Waals surface area contributed by atoms with Gasteiger partial charge in [0.05, 0.1) is 17.7 Å². The molecule has 0 saturated heterocycles. The molecule has 0 radical (unpaired) electrons. The summed E-state index contributed by atoms with van der Waals surface area (Å²) in [5.74, 6) is 2.08. The van der Waals surface area contributed by atoms with E-state index in [1.807, 2.05) is 103 Å². The first kappa shape index (κ1) is 31.2. The monoisotopic (exact) mass is 574 g/mol. The number of benzene rings is 2. The van der Waals surface area contributed by atoms with Crippen LogP contribution in [0.2, 0.25) is 0 Å². The van der Waals surface area contributed by atoms with Gasteiger partial charge in [-0.1, -0.05) is 27.7 Å². The number of fused-ring (bicyclic) bond motifs is 2. The van der Waals surface area contributed by atoms with E-state index < -0.39 is 5.54 Å². The fraction of sp³-hybridized carbons (Fsp3) is 0.300. The maximum Gasteiger partial charge on any atom is 0.171 e. The lowest BCUT2D eigenvalue weighted by Gasteiger charge is -2.25. The van der Waals surface area contributed by atoms with Crippen LogP contribution in [0.15, 0.2) is 67.4 Å². The molecule has 0 spiro atoms. The molecule has 5 rings (SSSR count). The number of aromatic nitrogens is 5. The van der Waals surface area contributed by atoms with Crippen LogP contribution in [-0.4, -0.2) is 46.9 Å². The Bertz CT molecular complexity index is 1600. The van der Waals surface area contributed by atoms with E-state index in [4.69, 9.17) is 17.0 Å². The quantitative estimate of drug-likeness (QED) is 0.158. The van der Waals surface area contributed by atoms with Crippen molar-refractivity contribution in [1.82, 2.24) is 29.9 Å². The topological polar surface area (TPSA) is 122 Å². The summed E-state index contributed by atoms with van der Waals surface area (Å²) in [5.41, 5.74) is 3.56. The van der Waals surface area contributed by atoms with Crippen molar-refractivity contribution >= 4 is 51.1 Å². The fourth-order valence-electron chi connectivity index (χ4n) is 3.71. The second-order valence-corrected chi connectivity index (χ2v) is 9.62. The van der Waals surface area contributed by atoms with Gasteiger partial charge in [0.1, 0.15) is 30.0 Å². The average Bonchev–Trinajstić information content (AvgIpc) is 3.45. The summed E-state index contributed by atoms with van der Waals surface area (Å²) >= 11 is 5.40. The molecular formula is C30H38N8O2S. The van der Waals surface area contributed by atoms with Crippen LogP contribution in [0.3, 0.4) is 0 Å².